The second-order valence-electron chi connectivity index (χ2n) is 10.4. The number of fused-ring (bicyclic) bond motifs is 1. The lowest BCUT2D eigenvalue weighted by Crippen LogP contribution is -2.48. The molecular formula is C29H31F3O3. The molecule has 1 heterocycles. The van der Waals surface area contributed by atoms with Crippen LogP contribution in [0.4, 0.5) is 13.2 Å². The van der Waals surface area contributed by atoms with Crippen molar-refractivity contribution in [3.63, 3.8) is 0 Å². The van der Waals surface area contributed by atoms with Crippen LogP contribution in [-0.4, -0.2) is 18.5 Å². The average molecular weight is 485 g/mol. The van der Waals surface area contributed by atoms with Crippen LogP contribution in [0.5, 0.6) is 5.75 Å². The number of alkyl halides is 3. The summed E-state index contributed by atoms with van der Waals surface area (Å²) in [6.45, 7) is 4.17. The Labute approximate surface area is 204 Å². The van der Waals surface area contributed by atoms with E-state index in [-0.39, 0.29) is 17.3 Å². The van der Waals surface area contributed by atoms with Crippen LogP contribution in [0.2, 0.25) is 0 Å². The summed E-state index contributed by atoms with van der Waals surface area (Å²) in [6.07, 6.45) is 3.18. The van der Waals surface area contributed by atoms with E-state index in [1.165, 1.54) is 12.1 Å². The third-order valence-electron chi connectivity index (χ3n) is 7.74. The Balaban J connectivity index is 1.73. The topological polar surface area (TPSA) is 35.5 Å². The Morgan fingerprint density at radius 2 is 1.77 bits per heavy atom. The number of ketones is 1. The summed E-state index contributed by atoms with van der Waals surface area (Å²) in [5.41, 5.74) is 4.02. The molecule has 0 N–H and O–H groups in total. The first-order valence-electron chi connectivity index (χ1n) is 12.5. The van der Waals surface area contributed by atoms with E-state index in [0.29, 0.717) is 23.3 Å². The SMILES string of the molecule is COC(c1ccc(C(F)(F)F)cc1)c1c(C(C)C)cc2c(c1C1=CCCC1)C(=O)CC1(CCC1)O2. The molecule has 6 heteroatoms. The Morgan fingerprint density at radius 1 is 1.06 bits per heavy atom. The summed E-state index contributed by atoms with van der Waals surface area (Å²) in [4.78, 5) is 13.6. The van der Waals surface area contributed by atoms with Gasteiger partial charge in [0.05, 0.1) is 17.5 Å². The molecule has 2 aliphatic carbocycles. The summed E-state index contributed by atoms with van der Waals surface area (Å²) in [5, 5.41) is 0. The van der Waals surface area contributed by atoms with Crippen molar-refractivity contribution in [2.24, 2.45) is 0 Å². The Kier molecular flexibility index (Phi) is 6.07. The van der Waals surface area contributed by atoms with E-state index in [2.05, 4.69) is 19.9 Å². The highest BCUT2D eigenvalue weighted by atomic mass is 19.4. The van der Waals surface area contributed by atoms with Crippen LogP contribution in [0, 0.1) is 0 Å². The molecule has 1 unspecified atom stereocenters. The molecule has 1 aliphatic heterocycles. The predicted molar refractivity (Wildman–Crippen MR) is 129 cm³/mol. The van der Waals surface area contributed by atoms with Crippen LogP contribution in [0.3, 0.4) is 0 Å². The molecule has 0 radical (unpaired) electrons. The number of rotatable bonds is 5. The van der Waals surface area contributed by atoms with Crippen LogP contribution in [0.1, 0.15) is 109 Å². The van der Waals surface area contributed by atoms with E-state index in [9.17, 15) is 18.0 Å². The molecule has 35 heavy (non-hydrogen) atoms. The molecule has 1 atom stereocenters. The molecule has 3 nitrogen and oxygen atoms in total. The second kappa shape index (κ2) is 8.81. The van der Waals surface area contributed by atoms with Gasteiger partial charge in [0.2, 0.25) is 0 Å². The van der Waals surface area contributed by atoms with Crippen molar-refractivity contribution in [2.75, 3.05) is 7.11 Å². The Hall–Kier alpha value is -2.60. The van der Waals surface area contributed by atoms with E-state index in [0.717, 1.165) is 72.9 Å². The lowest BCUT2D eigenvalue weighted by Gasteiger charge is -2.45. The highest BCUT2D eigenvalue weighted by Crippen LogP contribution is 2.51. The third-order valence-corrected chi connectivity index (χ3v) is 7.74. The zero-order valence-corrected chi connectivity index (χ0v) is 20.4. The van der Waals surface area contributed by atoms with Gasteiger partial charge < -0.3 is 9.47 Å². The van der Waals surface area contributed by atoms with E-state index in [1.807, 2.05) is 6.07 Å². The Morgan fingerprint density at radius 3 is 2.29 bits per heavy atom. The number of methoxy groups -OCH3 is 1. The number of carbonyl (C=O) groups is 1. The van der Waals surface area contributed by atoms with Gasteiger partial charge in [0.25, 0.3) is 0 Å². The van der Waals surface area contributed by atoms with E-state index in [1.54, 1.807) is 7.11 Å². The minimum Gasteiger partial charge on any atom is -0.486 e. The quantitative estimate of drug-likeness (QED) is 0.431. The van der Waals surface area contributed by atoms with E-state index < -0.39 is 17.8 Å². The number of ether oxygens (including phenoxy) is 2. The molecule has 3 aliphatic rings. The van der Waals surface area contributed by atoms with E-state index >= 15 is 0 Å². The fraction of sp³-hybridized carbons (Fsp3) is 0.483. The maximum absolute atomic E-state index is 13.6. The molecule has 0 amide bonds. The molecule has 5 rings (SSSR count). The summed E-state index contributed by atoms with van der Waals surface area (Å²) >= 11 is 0. The molecular weight excluding hydrogens is 453 g/mol. The maximum atomic E-state index is 13.6. The molecule has 186 valence electrons. The predicted octanol–water partition coefficient (Wildman–Crippen LogP) is 8.02. The normalized spacial score (nSPS) is 19.9. The van der Waals surface area contributed by atoms with Crippen LogP contribution in [0.25, 0.3) is 5.57 Å². The first-order valence-corrected chi connectivity index (χ1v) is 12.5. The summed E-state index contributed by atoms with van der Waals surface area (Å²) in [7, 11) is 1.57. The minimum atomic E-state index is -4.41. The molecule has 2 aromatic rings. The number of carbonyl (C=O) groups excluding carboxylic acids is 1. The van der Waals surface area contributed by atoms with Gasteiger partial charge in [0.1, 0.15) is 17.5 Å². The zero-order valence-electron chi connectivity index (χ0n) is 20.4. The number of hydrogen-bond donors (Lipinski definition) is 0. The van der Waals surface area contributed by atoms with Gasteiger partial charge in [0, 0.05) is 7.11 Å². The first kappa shape index (κ1) is 24.1. The van der Waals surface area contributed by atoms with Crippen molar-refractivity contribution >= 4 is 11.4 Å². The van der Waals surface area contributed by atoms with Crippen molar-refractivity contribution in [3.8, 4) is 5.75 Å². The van der Waals surface area contributed by atoms with Crippen molar-refractivity contribution in [1.82, 2.24) is 0 Å². The largest absolute Gasteiger partial charge is 0.486 e. The van der Waals surface area contributed by atoms with Crippen LogP contribution >= 0.6 is 0 Å². The van der Waals surface area contributed by atoms with Crippen molar-refractivity contribution < 1.29 is 27.4 Å². The summed E-state index contributed by atoms with van der Waals surface area (Å²) in [6, 6.07) is 7.14. The molecule has 0 bridgehead atoms. The number of halogens is 3. The Bertz CT molecular complexity index is 1170. The maximum Gasteiger partial charge on any atom is 0.416 e. The molecule has 2 aromatic carbocycles. The summed E-state index contributed by atoms with van der Waals surface area (Å²) in [5.74, 6) is 0.840. The van der Waals surface area contributed by atoms with Crippen LogP contribution in [0.15, 0.2) is 36.4 Å². The van der Waals surface area contributed by atoms with Gasteiger partial charge in [-0.25, -0.2) is 0 Å². The van der Waals surface area contributed by atoms with Gasteiger partial charge in [0.15, 0.2) is 5.78 Å². The third kappa shape index (κ3) is 4.20. The van der Waals surface area contributed by atoms with Gasteiger partial charge in [-0.15, -0.1) is 0 Å². The van der Waals surface area contributed by atoms with Gasteiger partial charge in [-0.1, -0.05) is 32.1 Å². The first-order chi connectivity index (χ1) is 16.6. The van der Waals surface area contributed by atoms with Gasteiger partial charge in [-0.2, -0.15) is 13.2 Å². The van der Waals surface area contributed by atoms with Gasteiger partial charge in [-0.3, -0.25) is 4.79 Å². The minimum absolute atomic E-state index is 0.0904. The van der Waals surface area contributed by atoms with Crippen molar-refractivity contribution in [3.05, 3.63) is 69.8 Å². The summed E-state index contributed by atoms with van der Waals surface area (Å²) < 4.78 is 52.1. The van der Waals surface area contributed by atoms with Gasteiger partial charge in [-0.05, 0) is 90.5 Å². The second-order valence-corrected chi connectivity index (χ2v) is 10.4. The lowest BCUT2D eigenvalue weighted by atomic mass is 9.72. The average Bonchev–Trinajstić information content (AvgIpc) is 3.32. The van der Waals surface area contributed by atoms with E-state index in [4.69, 9.17) is 9.47 Å². The molecule has 0 saturated heterocycles. The molecule has 1 fully saturated rings. The molecule has 0 aromatic heterocycles. The standard InChI is InChI=1S/C29H31F3O3/c1-17(2)21-15-23-26(22(33)16-28(35-23)13-6-14-28)24(18-7-4-5-8-18)25(21)27(34-3)19-9-11-20(12-10-19)29(30,31)32/h7,9-12,15,17,27H,4-6,8,13-14,16H2,1-3H3. The van der Waals surface area contributed by atoms with Crippen molar-refractivity contribution in [2.45, 2.75) is 82.6 Å². The molecule has 1 saturated carbocycles. The number of hydrogen-bond acceptors (Lipinski definition) is 3. The highest BCUT2D eigenvalue weighted by molar-refractivity contribution is 6.06. The van der Waals surface area contributed by atoms with Gasteiger partial charge >= 0.3 is 6.18 Å². The monoisotopic (exact) mass is 484 g/mol. The van der Waals surface area contributed by atoms with Crippen LogP contribution < -0.4 is 4.74 Å². The number of benzene rings is 2. The fourth-order valence-corrected chi connectivity index (χ4v) is 5.81. The highest BCUT2D eigenvalue weighted by Gasteiger charge is 2.47. The zero-order chi connectivity index (χ0) is 25.0. The number of Topliss-reactive ketones (excluding diaryl/α,β-unsaturated/α-hetero) is 1. The lowest BCUT2D eigenvalue weighted by molar-refractivity contribution is -0.137. The molecule has 1 spiro atoms. The smallest absolute Gasteiger partial charge is 0.416 e. The van der Waals surface area contributed by atoms with Crippen LogP contribution in [-0.2, 0) is 10.9 Å². The van der Waals surface area contributed by atoms with Crippen molar-refractivity contribution in [1.29, 1.82) is 0 Å². The number of allylic oxidation sites excluding steroid dienone is 2. The fourth-order valence-electron chi connectivity index (χ4n) is 5.81.